The first-order valence-corrected chi connectivity index (χ1v) is 8.83. The Kier molecular flexibility index (Phi) is 6.67. The molecule has 1 saturated carbocycles. The number of benzene rings is 1. The number of nitrogens with one attached hydrogen (secondary N) is 2. The number of fused-ring (bicyclic) bond motifs is 1. The van der Waals surface area contributed by atoms with Gasteiger partial charge in [-0.25, -0.2) is 0 Å². The smallest absolute Gasteiger partial charge is 0.232 e. The number of hydrogen-bond donors (Lipinski definition) is 2. The normalized spacial score (nSPS) is 25.9. The molecule has 0 spiro atoms. The molecule has 5 heteroatoms. The summed E-state index contributed by atoms with van der Waals surface area (Å²) in [6, 6.07) is 8.02. The molecule has 2 aliphatic rings. The molecule has 4 nitrogen and oxygen atoms in total. The lowest BCUT2D eigenvalue weighted by molar-refractivity contribution is -0.128. The van der Waals surface area contributed by atoms with Gasteiger partial charge in [-0.3, -0.25) is 4.79 Å². The van der Waals surface area contributed by atoms with Crippen LogP contribution in [0.25, 0.3) is 0 Å². The number of carbonyl (C=O) groups is 1. The minimum atomic E-state index is -0.197. The lowest BCUT2D eigenvalue weighted by Crippen LogP contribution is -2.44. The van der Waals surface area contributed by atoms with Gasteiger partial charge >= 0.3 is 0 Å². The monoisotopic (exact) mass is 352 g/mol. The lowest BCUT2D eigenvalue weighted by atomic mass is 9.67. The minimum absolute atomic E-state index is 0. The van der Waals surface area contributed by atoms with Gasteiger partial charge in [0.1, 0.15) is 0 Å². The Morgan fingerprint density at radius 1 is 1.33 bits per heavy atom. The molecule has 0 unspecified atom stereocenters. The van der Waals surface area contributed by atoms with E-state index in [4.69, 9.17) is 4.74 Å². The van der Waals surface area contributed by atoms with Gasteiger partial charge in [0.05, 0.1) is 18.1 Å². The highest BCUT2D eigenvalue weighted by molar-refractivity contribution is 5.96. The molecule has 1 aliphatic carbocycles. The van der Waals surface area contributed by atoms with Gasteiger partial charge < -0.3 is 15.4 Å². The van der Waals surface area contributed by atoms with Crippen LogP contribution in [0.4, 0.5) is 5.69 Å². The number of anilines is 1. The molecule has 1 heterocycles. The number of amides is 1. The molecular formula is C19H29ClN2O2. The Morgan fingerprint density at radius 3 is 2.79 bits per heavy atom. The largest absolute Gasteiger partial charge is 0.374 e. The van der Waals surface area contributed by atoms with Gasteiger partial charge in [-0.05, 0) is 56.8 Å². The summed E-state index contributed by atoms with van der Waals surface area (Å²) in [7, 11) is 0. The van der Waals surface area contributed by atoms with Crippen LogP contribution in [0.5, 0.6) is 0 Å². The quantitative estimate of drug-likeness (QED) is 0.848. The van der Waals surface area contributed by atoms with Crippen molar-refractivity contribution >= 4 is 24.0 Å². The standard InChI is InChI=1S/C19H28N2O2.ClH/c1-14(2)23-12-15-6-8-17(9-7-15)21-18(22)19-10-4-3-5-16(19)11-20-13-19;/h6-9,14,16,20H,3-5,10-13H2,1-2H3,(H,21,22);1H/t16-,19+;/m0./s1. The number of halogens is 1. The number of hydrogen-bond acceptors (Lipinski definition) is 3. The topological polar surface area (TPSA) is 50.4 Å². The van der Waals surface area contributed by atoms with Crippen molar-refractivity contribution in [3.8, 4) is 0 Å². The Labute approximate surface area is 151 Å². The number of rotatable bonds is 5. The third-order valence-corrected chi connectivity index (χ3v) is 5.29. The second-order valence-electron chi connectivity index (χ2n) is 7.24. The van der Waals surface area contributed by atoms with E-state index in [0.29, 0.717) is 12.5 Å². The summed E-state index contributed by atoms with van der Waals surface area (Å²) in [5, 5.41) is 6.58. The van der Waals surface area contributed by atoms with Crippen LogP contribution in [-0.2, 0) is 16.1 Å². The Morgan fingerprint density at radius 2 is 2.08 bits per heavy atom. The van der Waals surface area contributed by atoms with E-state index in [9.17, 15) is 4.79 Å². The summed E-state index contributed by atoms with van der Waals surface area (Å²) in [6.07, 6.45) is 4.83. The van der Waals surface area contributed by atoms with Gasteiger partial charge in [0, 0.05) is 12.2 Å². The summed E-state index contributed by atoms with van der Waals surface area (Å²) in [6.45, 7) is 6.48. The molecule has 0 bridgehead atoms. The molecule has 2 atom stereocenters. The SMILES string of the molecule is CC(C)OCc1ccc(NC(=O)[C@@]23CCCC[C@H]2CNC3)cc1.Cl. The highest BCUT2D eigenvalue weighted by atomic mass is 35.5. The van der Waals surface area contributed by atoms with E-state index in [2.05, 4.69) is 10.6 Å². The zero-order chi connectivity index (χ0) is 16.3. The Balaban J connectivity index is 0.00000208. The van der Waals surface area contributed by atoms with E-state index in [1.54, 1.807) is 0 Å². The van der Waals surface area contributed by atoms with E-state index < -0.39 is 0 Å². The van der Waals surface area contributed by atoms with Crippen molar-refractivity contribution in [3.63, 3.8) is 0 Å². The predicted octanol–water partition coefficient (Wildman–Crippen LogP) is 3.75. The molecule has 1 aliphatic heterocycles. The van der Waals surface area contributed by atoms with Crippen molar-refractivity contribution < 1.29 is 9.53 Å². The molecule has 2 N–H and O–H groups in total. The van der Waals surface area contributed by atoms with Crippen LogP contribution in [0, 0.1) is 11.3 Å². The molecule has 0 radical (unpaired) electrons. The predicted molar refractivity (Wildman–Crippen MR) is 99.5 cm³/mol. The second-order valence-corrected chi connectivity index (χ2v) is 7.24. The van der Waals surface area contributed by atoms with Gasteiger partial charge in [0.25, 0.3) is 0 Å². The van der Waals surface area contributed by atoms with Crippen molar-refractivity contribution in [2.45, 2.75) is 52.2 Å². The molecule has 1 aromatic carbocycles. The van der Waals surface area contributed by atoms with E-state index in [1.165, 1.54) is 12.8 Å². The number of carbonyl (C=O) groups excluding carboxylic acids is 1. The van der Waals surface area contributed by atoms with Crippen LogP contribution >= 0.6 is 12.4 Å². The minimum Gasteiger partial charge on any atom is -0.374 e. The third-order valence-electron chi connectivity index (χ3n) is 5.29. The Bertz CT molecular complexity index is 547. The highest BCUT2D eigenvalue weighted by Crippen LogP contribution is 2.44. The molecule has 134 valence electrons. The average molecular weight is 353 g/mol. The average Bonchev–Trinajstić information content (AvgIpc) is 2.99. The summed E-state index contributed by atoms with van der Waals surface area (Å²) in [5.41, 5.74) is 1.82. The number of ether oxygens (including phenoxy) is 1. The van der Waals surface area contributed by atoms with Crippen LogP contribution in [-0.4, -0.2) is 25.1 Å². The maximum Gasteiger partial charge on any atom is 0.232 e. The van der Waals surface area contributed by atoms with Crippen LogP contribution < -0.4 is 10.6 Å². The first-order valence-electron chi connectivity index (χ1n) is 8.83. The molecule has 1 saturated heterocycles. The van der Waals surface area contributed by atoms with E-state index in [-0.39, 0.29) is 29.8 Å². The third kappa shape index (κ3) is 4.11. The molecule has 1 aromatic rings. The van der Waals surface area contributed by atoms with Gasteiger partial charge in [-0.1, -0.05) is 25.0 Å². The maximum absolute atomic E-state index is 12.9. The molecule has 2 fully saturated rings. The second kappa shape index (κ2) is 8.32. The fraction of sp³-hybridized carbons (Fsp3) is 0.632. The summed E-state index contributed by atoms with van der Waals surface area (Å²) >= 11 is 0. The van der Waals surface area contributed by atoms with Crippen LogP contribution in [0.1, 0.15) is 45.1 Å². The van der Waals surface area contributed by atoms with Crippen molar-refractivity contribution in [3.05, 3.63) is 29.8 Å². The highest BCUT2D eigenvalue weighted by Gasteiger charge is 2.49. The van der Waals surface area contributed by atoms with E-state index >= 15 is 0 Å². The van der Waals surface area contributed by atoms with Crippen molar-refractivity contribution in [2.24, 2.45) is 11.3 Å². The zero-order valence-corrected chi connectivity index (χ0v) is 15.5. The molecule has 24 heavy (non-hydrogen) atoms. The summed E-state index contributed by atoms with van der Waals surface area (Å²) < 4.78 is 5.60. The van der Waals surface area contributed by atoms with Crippen molar-refractivity contribution in [1.29, 1.82) is 0 Å². The zero-order valence-electron chi connectivity index (χ0n) is 14.6. The summed E-state index contributed by atoms with van der Waals surface area (Å²) in [5.74, 6) is 0.688. The maximum atomic E-state index is 12.9. The van der Waals surface area contributed by atoms with Crippen LogP contribution in [0.2, 0.25) is 0 Å². The van der Waals surface area contributed by atoms with E-state index in [0.717, 1.165) is 37.2 Å². The first-order chi connectivity index (χ1) is 11.1. The first kappa shape index (κ1) is 19.2. The van der Waals surface area contributed by atoms with Crippen LogP contribution in [0.3, 0.4) is 0 Å². The van der Waals surface area contributed by atoms with Gasteiger partial charge in [0.15, 0.2) is 0 Å². The Hall–Kier alpha value is -1.10. The lowest BCUT2D eigenvalue weighted by Gasteiger charge is -2.37. The van der Waals surface area contributed by atoms with Gasteiger partial charge in [-0.2, -0.15) is 0 Å². The molecular weight excluding hydrogens is 324 g/mol. The van der Waals surface area contributed by atoms with Crippen molar-refractivity contribution in [2.75, 3.05) is 18.4 Å². The molecule has 1 amide bonds. The fourth-order valence-electron chi connectivity index (χ4n) is 3.89. The fourth-order valence-corrected chi connectivity index (χ4v) is 3.89. The molecule has 3 rings (SSSR count). The van der Waals surface area contributed by atoms with Gasteiger partial charge in [-0.15, -0.1) is 12.4 Å². The van der Waals surface area contributed by atoms with Crippen LogP contribution in [0.15, 0.2) is 24.3 Å². The van der Waals surface area contributed by atoms with Crippen molar-refractivity contribution in [1.82, 2.24) is 5.32 Å². The molecule has 0 aromatic heterocycles. The van der Waals surface area contributed by atoms with E-state index in [1.807, 2.05) is 38.1 Å². The summed E-state index contributed by atoms with van der Waals surface area (Å²) in [4.78, 5) is 12.9. The van der Waals surface area contributed by atoms with Gasteiger partial charge in [0.2, 0.25) is 5.91 Å².